The van der Waals surface area contributed by atoms with Crippen molar-refractivity contribution in [3.8, 4) is 0 Å². The number of alkyl halides is 3. The third kappa shape index (κ3) is 3.92. The fourth-order valence-electron chi connectivity index (χ4n) is 3.25. The van der Waals surface area contributed by atoms with Crippen molar-refractivity contribution >= 4 is 5.70 Å². The van der Waals surface area contributed by atoms with E-state index in [2.05, 4.69) is 46.2 Å². The van der Waals surface area contributed by atoms with Gasteiger partial charge >= 0.3 is 6.18 Å². The van der Waals surface area contributed by atoms with E-state index >= 15 is 0 Å². The van der Waals surface area contributed by atoms with Crippen molar-refractivity contribution in [2.75, 3.05) is 26.7 Å². The minimum Gasteiger partial charge on any atom is -0.299 e. The molecule has 1 saturated heterocycles. The standard InChI is InChI=1S/C16H23F3N6/c1-15(2)11-24(8-7-23(15)3)10-14-20-21-22-25(14)13-6-4-5-12(9-13)16(17,18)19/h5,9H,4,6-8,10-11H2,1-3H3. The topological polar surface area (TPSA) is 50.1 Å². The molecule has 1 aliphatic heterocycles. The zero-order valence-corrected chi connectivity index (χ0v) is 14.7. The van der Waals surface area contributed by atoms with Crippen molar-refractivity contribution in [1.29, 1.82) is 0 Å². The van der Waals surface area contributed by atoms with E-state index < -0.39 is 11.7 Å². The van der Waals surface area contributed by atoms with Gasteiger partial charge in [0.1, 0.15) is 0 Å². The van der Waals surface area contributed by atoms with E-state index in [0.29, 0.717) is 30.9 Å². The molecule has 0 N–H and O–H groups in total. The van der Waals surface area contributed by atoms with E-state index in [1.807, 2.05) is 0 Å². The summed E-state index contributed by atoms with van der Waals surface area (Å²) in [6.07, 6.45) is -1.15. The van der Waals surface area contributed by atoms with Gasteiger partial charge in [-0.2, -0.15) is 13.2 Å². The number of halogens is 3. The van der Waals surface area contributed by atoms with Gasteiger partial charge < -0.3 is 0 Å². The lowest BCUT2D eigenvalue weighted by Crippen LogP contribution is -2.57. The molecule has 138 valence electrons. The second-order valence-corrected chi connectivity index (χ2v) is 7.28. The molecule has 0 atom stereocenters. The third-order valence-electron chi connectivity index (χ3n) is 4.98. The molecule has 1 aromatic rings. The van der Waals surface area contributed by atoms with E-state index in [-0.39, 0.29) is 5.54 Å². The summed E-state index contributed by atoms with van der Waals surface area (Å²) in [6.45, 7) is 7.52. The Bertz CT molecular complexity index is 688. The molecule has 6 nitrogen and oxygen atoms in total. The molecule has 0 bridgehead atoms. The molecular formula is C16H23F3N6. The van der Waals surface area contributed by atoms with E-state index in [1.165, 1.54) is 10.8 Å². The Balaban J connectivity index is 1.78. The minimum atomic E-state index is -4.35. The van der Waals surface area contributed by atoms with Crippen LogP contribution in [0.4, 0.5) is 13.2 Å². The molecule has 0 aromatic carbocycles. The monoisotopic (exact) mass is 356 g/mol. The highest BCUT2D eigenvalue weighted by atomic mass is 19.4. The Morgan fingerprint density at radius 1 is 1.24 bits per heavy atom. The average Bonchev–Trinajstić information content (AvgIpc) is 2.98. The lowest BCUT2D eigenvalue weighted by atomic mass is 10.00. The number of tetrazole rings is 1. The lowest BCUT2D eigenvalue weighted by molar-refractivity contribution is -0.0885. The summed E-state index contributed by atoms with van der Waals surface area (Å²) >= 11 is 0. The van der Waals surface area contributed by atoms with Crippen LogP contribution in [0.15, 0.2) is 17.7 Å². The SMILES string of the molecule is CN1CCN(Cc2nnnn2C2=CC(C(F)(F)F)=CCC2)CC1(C)C. The van der Waals surface area contributed by atoms with Crippen LogP contribution in [0.2, 0.25) is 0 Å². The van der Waals surface area contributed by atoms with Gasteiger partial charge in [0.05, 0.1) is 12.1 Å². The number of rotatable bonds is 3. The Kier molecular flexibility index (Phi) is 4.72. The van der Waals surface area contributed by atoms with Crippen molar-refractivity contribution in [1.82, 2.24) is 30.0 Å². The first kappa shape index (κ1) is 18.1. The quantitative estimate of drug-likeness (QED) is 0.832. The van der Waals surface area contributed by atoms with Crippen LogP contribution in [0.25, 0.3) is 5.70 Å². The fraction of sp³-hybridized carbons (Fsp3) is 0.688. The van der Waals surface area contributed by atoms with E-state index in [4.69, 9.17) is 0 Å². The summed E-state index contributed by atoms with van der Waals surface area (Å²) in [5, 5.41) is 11.7. The Morgan fingerprint density at radius 2 is 2.00 bits per heavy atom. The van der Waals surface area contributed by atoms with Gasteiger partial charge in [-0.1, -0.05) is 6.08 Å². The van der Waals surface area contributed by atoms with Crippen LogP contribution in [0.3, 0.4) is 0 Å². The van der Waals surface area contributed by atoms with Crippen LogP contribution >= 0.6 is 0 Å². The maximum absolute atomic E-state index is 13.0. The molecule has 9 heteroatoms. The highest BCUT2D eigenvalue weighted by molar-refractivity contribution is 5.54. The van der Waals surface area contributed by atoms with Gasteiger partial charge in [-0.25, -0.2) is 4.68 Å². The second-order valence-electron chi connectivity index (χ2n) is 7.28. The predicted octanol–water partition coefficient (Wildman–Crippen LogP) is 2.32. The number of hydrogen-bond donors (Lipinski definition) is 0. The molecule has 0 amide bonds. The number of hydrogen-bond acceptors (Lipinski definition) is 5. The average molecular weight is 356 g/mol. The van der Waals surface area contributed by atoms with Crippen molar-refractivity contribution < 1.29 is 13.2 Å². The van der Waals surface area contributed by atoms with Crippen LogP contribution in [0.5, 0.6) is 0 Å². The first-order chi connectivity index (χ1) is 11.7. The van der Waals surface area contributed by atoms with Crippen LogP contribution in [-0.2, 0) is 6.54 Å². The minimum absolute atomic E-state index is 0.0346. The molecule has 0 radical (unpaired) electrons. The number of piperazine rings is 1. The maximum Gasteiger partial charge on any atom is 0.416 e. The summed E-state index contributed by atoms with van der Waals surface area (Å²) in [4.78, 5) is 4.54. The normalized spacial score (nSPS) is 22.6. The molecule has 25 heavy (non-hydrogen) atoms. The molecule has 1 aromatic heterocycles. The molecule has 1 aliphatic carbocycles. The van der Waals surface area contributed by atoms with Crippen molar-refractivity contribution in [3.05, 3.63) is 23.5 Å². The van der Waals surface area contributed by atoms with Crippen molar-refractivity contribution in [2.45, 2.75) is 44.9 Å². The van der Waals surface area contributed by atoms with Gasteiger partial charge in [0.25, 0.3) is 0 Å². The van der Waals surface area contributed by atoms with Gasteiger partial charge in [0.2, 0.25) is 0 Å². The van der Waals surface area contributed by atoms with Gasteiger partial charge in [-0.15, -0.1) is 5.10 Å². The largest absolute Gasteiger partial charge is 0.416 e. The first-order valence-electron chi connectivity index (χ1n) is 8.36. The van der Waals surface area contributed by atoms with Crippen molar-refractivity contribution in [2.24, 2.45) is 0 Å². The molecule has 0 unspecified atom stereocenters. The lowest BCUT2D eigenvalue weighted by Gasteiger charge is -2.45. The molecule has 3 rings (SSSR count). The van der Waals surface area contributed by atoms with Crippen molar-refractivity contribution in [3.63, 3.8) is 0 Å². The Morgan fingerprint density at radius 3 is 2.68 bits per heavy atom. The molecule has 1 fully saturated rings. The van der Waals surface area contributed by atoms with Gasteiger partial charge in [0.15, 0.2) is 5.82 Å². The highest BCUT2D eigenvalue weighted by Crippen LogP contribution is 2.33. The predicted molar refractivity (Wildman–Crippen MR) is 87.4 cm³/mol. The molecule has 2 heterocycles. The van der Waals surface area contributed by atoms with E-state index in [9.17, 15) is 13.2 Å². The summed E-state index contributed by atoms with van der Waals surface area (Å²) < 4.78 is 40.4. The summed E-state index contributed by atoms with van der Waals surface area (Å²) in [5.74, 6) is 0.579. The van der Waals surface area contributed by atoms with E-state index in [1.54, 1.807) is 0 Å². The van der Waals surface area contributed by atoms with E-state index in [0.717, 1.165) is 25.7 Å². The molecule has 0 spiro atoms. The molecule has 2 aliphatic rings. The number of nitrogens with zero attached hydrogens (tertiary/aromatic N) is 6. The number of likely N-dealkylation sites (N-methyl/N-ethyl adjacent to an activating group) is 1. The van der Waals surface area contributed by atoms with Gasteiger partial charge in [-0.3, -0.25) is 9.80 Å². The maximum atomic E-state index is 13.0. The first-order valence-corrected chi connectivity index (χ1v) is 8.36. The molecular weight excluding hydrogens is 333 g/mol. The Labute approximate surface area is 145 Å². The number of aromatic nitrogens is 4. The summed E-state index contributed by atoms with van der Waals surface area (Å²) in [6, 6.07) is 0. The van der Waals surface area contributed by atoms with Gasteiger partial charge in [-0.05, 0) is 50.2 Å². The third-order valence-corrected chi connectivity index (χ3v) is 4.98. The highest BCUT2D eigenvalue weighted by Gasteiger charge is 2.34. The zero-order valence-electron chi connectivity index (χ0n) is 14.7. The zero-order chi connectivity index (χ0) is 18.2. The molecule has 0 saturated carbocycles. The summed E-state index contributed by atoms with van der Waals surface area (Å²) in [7, 11) is 2.10. The smallest absolute Gasteiger partial charge is 0.299 e. The van der Waals surface area contributed by atoms with Crippen LogP contribution in [0.1, 0.15) is 32.5 Å². The number of allylic oxidation sites excluding steroid dienone is 4. The van der Waals surface area contributed by atoms with Crippen LogP contribution in [-0.4, -0.2) is 68.4 Å². The van der Waals surface area contributed by atoms with Gasteiger partial charge in [0, 0.05) is 30.9 Å². The second kappa shape index (κ2) is 6.53. The fourth-order valence-corrected chi connectivity index (χ4v) is 3.25. The van der Waals surface area contributed by atoms with Crippen LogP contribution < -0.4 is 0 Å². The summed E-state index contributed by atoms with van der Waals surface area (Å²) in [5.41, 5.74) is -0.105. The van der Waals surface area contributed by atoms with Crippen LogP contribution in [0, 0.1) is 0 Å². The Hall–Kier alpha value is -1.74.